The first-order chi connectivity index (χ1) is 17.5. The first kappa shape index (κ1) is 23.6. The van der Waals surface area contributed by atoms with Gasteiger partial charge in [0.2, 0.25) is 5.95 Å². The Morgan fingerprint density at radius 1 is 1.11 bits per heavy atom. The number of hydrogen-bond donors (Lipinski definition) is 2. The minimum Gasteiger partial charge on any atom is -0.493 e. The van der Waals surface area contributed by atoms with E-state index in [0.29, 0.717) is 45.5 Å². The molecule has 0 spiro atoms. The van der Waals surface area contributed by atoms with Gasteiger partial charge in [-0.25, -0.2) is 0 Å². The predicted octanol–water partition coefficient (Wildman–Crippen LogP) is 4.95. The average Bonchev–Trinajstić information content (AvgIpc) is 3.36. The Labute approximate surface area is 216 Å². The summed E-state index contributed by atoms with van der Waals surface area (Å²) >= 11 is 3.64. The Hall–Kier alpha value is -4.18. The molecule has 0 saturated heterocycles. The summed E-state index contributed by atoms with van der Waals surface area (Å²) in [5, 5.41) is 18.1. The maximum absolute atomic E-state index is 13.5. The number of nitrogens with one attached hydrogen (secondary N) is 2. The molecule has 182 valence electrons. The molecule has 1 aliphatic heterocycles. The van der Waals surface area contributed by atoms with Crippen LogP contribution in [0.3, 0.4) is 0 Å². The lowest BCUT2D eigenvalue weighted by Gasteiger charge is -2.28. The predicted molar refractivity (Wildman–Crippen MR) is 139 cm³/mol. The zero-order valence-corrected chi connectivity index (χ0v) is 21.2. The Bertz CT molecular complexity index is 1420. The van der Waals surface area contributed by atoms with Crippen LogP contribution in [0.25, 0.3) is 0 Å². The van der Waals surface area contributed by atoms with Crippen molar-refractivity contribution in [2.24, 2.45) is 0 Å². The van der Waals surface area contributed by atoms with Crippen LogP contribution in [0.1, 0.15) is 24.1 Å². The average molecular weight is 547 g/mol. The molecule has 4 aromatic rings. The molecule has 9 nitrogen and oxygen atoms in total. The van der Waals surface area contributed by atoms with E-state index in [1.165, 1.54) is 0 Å². The van der Waals surface area contributed by atoms with Crippen molar-refractivity contribution in [2.45, 2.75) is 19.6 Å². The van der Waals surface area contributed by atoms with Gasteiger partial charge in [0.25, 0.3) is 5.91 Å². The topological polar surface area (TPSA) is 103 Å². The third-order valence-corrected chi connectivity index (χ3v) is 6.37. The second-order valence-electron chi connectivity index (χ2n) is 8.14. The highest BCUT2D eigenvalue weighted by Crippen LogP contribution is 2.42. The van der Waals surface area contributed by atoms with E-state index in [2.05, 4.69) is 42.1 Å². The third kappa shape index (κ3) is 4.67. The number of hydrogen-bond acceptors (Lipinski definition) is 7. The molecule has 2 N–H and O–H groups in total. The number of aromatic nitrogens is 4. The fraction of sp³-hybridized carbons (Fsp3) is 0.154. The largest absolute Gasteiger partial charge is 0.493 e. The molecule has 1 aromatic heterocycles. The standard InChI is InChI=1S/C26H23BrN6O3/c1-16-22(25(34)29-19-11-7-4-8-12-19)23(33-26(28-16)30-31-32-33)18-13-20(27)24(21(14-18)35-2)36-15-17-9-5-3-6-10-17/h3-14,23H,15H2,1-2H3,(H,29,34)(H,28,30,32). The van der Waals surface area contributed by atoms with Crippen LogP contribution in [0, 0.1) is 0 Å². The van der Waals surface area contributed by atoms with Crippen molar-refractivity contribution in [1.82, 2.24) is 20.2 Å². The van der Waals surface area contributed by atoms with E-state index in [0.717, 1.165) is 11.1 Å². The summed E-state index contributed by atoms with van der Waals surface area (Å²) < 4.78 is 14.0. The number of para-hydroxylation sites is 1. The summed E-state index contributed by atoms with van der Waals surface area (Å²) in [5.41, 5.74) is 3.59. The van der Waals surface area contributed by atoms with Gasteiger partial charge in [-0.15, -0.1) is 0 Å². The molecule has 5 rings (SSSR count). The van der Waals surface area contributed by atoms with Crippen LogP contribution in [0.15, 0.2) is 88.5 Å². The zero-order chi connectivity index (χ0) is 25.1. The van der Waals surface area contributed by atoms with Gasteiger partial charge in [0, 0.05) is 11.4 Å². The summed E-state index contributed by atoms with van der Waals surface area (Å²) in [6.45, 7) is 2.21. The van der Waals surface area contributed by atoms with Crippen molar-refractivity contribution in [2.75, 3.05) is 17.7 Å². The number of carbonyl (C=O) groups excluding carboxylic acids is 1. The molecule has 0 fully saturated rings. The Morgan fingerprint density at radius 3 is 2.56 bits per heavy atom. The summed E-state index contributed by atoms with van der Waals surface area (Å²) in [7, 11) is 1.58. The molecule has 1 atom stereocenters. The van der Waals surface area contributed by atoms with Crippen molar-refractivity contribution in [3.05, 3.63) is 99.7 Å². The second kappa shape index (κ2) is 10.2. The normalized spacial score (nSPS) is 14.6. The SMILES string of the molecule is COc1cc(C2C(C(=O)Nc3ccccc3)=C(C)Nc3nnnn32)cc(Br)c1OCc1ccccc1. The molecule has 36 heavy (non-hydrogen) atoms. The molecule has 0 aliphatic carbocycles. The van der Waals surface area contributed by atoms with E-state index < -0.39 is 6.04 Å². The summed E-state index contributed by atoms with van der Waals surface area (Å²) in [6, 6.07) is 22.3. The van der Waals surface area contributed by atoms with Gasteiger partial charge in [-0.3, -0.25) is 4.79 Å². The van der Waals surface area contributed by atoms with Crippen molar-refractivity contribution in [3.8, 4) is 11.5 Å². The number of ether oxygens (including phenoxy) is 2. The van der Waals surface area contributed by atoms with E-state index in [1.807, 2.05) is 79.7 Å². The molecule has 0 bridgehead atoms. The van der Waals surface area contributed by atoms with Gasteiger partial charge in [0.1, 0.15) is 12.6 Å². The van der Waals surface area contributed by atoms with Gasteiger partial charge < -0.3 is 20.1 Å². The minimum absolute atomic E-state index is 0.267. The molecule has 0 radical (unpaired) electrons. The van der Waals surface area contributed by atoms with Crippen LogP contribution in [0.4, 0.5) is 11.6 Å². The van der Waals surface area contributed by atoms with Crippen LogP contribution < -0.4 is 20.1 Å². The first-order valence-electron chi connectivity index (χ1n) is 11.2. The number of tetrazole rings is 1. The summed E-state index contributed by atoms with van der Waals surface area (Å²) in [6.07, 6.45) is 0. The number of rotatable bonds is 7. The number of fused-ring (bicyclic) bond motifs is 1. The highest BCUT2D eigenvalue weighted by atomic mass is 79.9. The quantitative estimate of drug-likeness (QED) is 0.338. The summed E-state index contributed by atoms with van der Waals surface area (Å²) in [4.78, 5) is 13.5. The lowest BCUT2D eigenvalue weighted by Crippen LogP contribution is -2.31. The molecule has 1 aliphatic rings. The van der Waals surface area contributed by atoms with Gasteiger partial charge in [-0.1, -0.05) is 53.6 Å². The van der Waals surface area contributed by atoms with Crippen molar-refractivity contribution in [3.63, 3.8) is 0 Å². The van der Waals surface area contributed by atoms with E-state index in [-0.39, 0.29) is 5.91 Å². The number of halogens is 1. The molecule has 10 heteroatoms. The summed E-state index contributed by atoms with van der Waals surface area (Å²) in [5.74, 6) is 1.25. The highest BCUT2D eigenvalue weighted by molar-refractivity contribution is 9.10. The van der Waals surface area contributed by atoms with Gasteiger partial charge in [-0.2, -0.15) is 4.68 Å². The fourth-order valence-corrected chi connectivity index (χ4v) is 4.68. The van der Waals surface area contributed by atoms with E-state index >= 15 is 0 Å². The number of allylic oxidation sites excluding steroid dienone is 1. The molecule has 1 amide bonds. The Balaban J connectivity index is 1.52. The molecule has 3 aromatic carbocycles. The molecule has 0 saturated carbocycles. The first-order valence-corrected chi connectivity index (χ1v) is 12.0. The molecular formula is C26H23BrN6O3. The lowest BCUT2D eigenvalue weighted by molar-refractivity contribution is -0.113. The van der Waals surface area contributed by atoms with Crippen molar-refractivity contribution in [1.29, 1.82) is 0 Å². The smallest absolute Gasteiger partial charge is 0.255 e. The van der Waals surface area contributed by atoms with Gasteiger partial charge in [0.15, 0.2) is 11.5 Å². The fourth-order valence-electron chi connectivity index (χ4n) is 4.10. The number of anilines is 2. The molecule has 2 heterocycles. The van der Waals surface area contributed by atoms with Crippen molar-refractivity contribution < 1.29 is 14.3 Å². The number of methoxy groups -OCH3 is 1. The van der Waals surface area contributed by atoms with E-state index in [4.69, 9.17) is 9.47 Å². The Kier molecular flexibility index (Phi) is 6.68. The monoisotopic (exact) mass is 546 g/mol. The van der Waals surface area contributed by atoms with Gasteiger partial charge in [-0.05, 0) is 68.7 Å². The van der Waals surface area contributed by atoms with Crippen LogP contribution in [0.5, 0.6) is 11.5 Å². The van der Waals surface area contributed by atoms with E-state index in [9.17, 15) is 4.79 Å². The van der Waals surface area contributed by atoms with Crippen LogP contribution >= 0.6 is 15.9 Å². The number of nitrogens with zero attached hydrogens (tertiary/aromatic N) is 4. The lowest BCUT2D eigenvalue weighted by atomic mass is 9.94. The van der Waals surface area contributed by atoms with Gasteiger partial charge >= 0.3 is 0 Å². The Morgan fingerprint density at radius 2 is 1.83 bits per heavy atom. The number of amides is 1. The third-order valence-electron chi connectivity index (χ3n) is 5.78. The van der Waals surface area contributed by atoms with Crippen LogP contribution in [-0.4, -0.2) is 33.2 Å². The van der Waals surface area contributed by atoms with Crippen LogP contribution in [0.2, 0.25) is 0 Å². The molecule has 1 unspecified atom stereocenters. The van der Waals surface area contributed by atoms with Crippen molar-refractivity contribution >= 4 is 33.5 Å². The van der Waals surface area contributed by atoms with E-state index in [1.54, 1.807) is 11.8 Å². The number of benzene rings is 3. The zero-order valence-electron chi connectivity index (χ0n) is 19.6. The maximum Gasteiger partial charge on any atom is 0.255 e. The van der Waals surface area contributed by atoms with Gasteiger partial charge in [0.05, 0.1) is 17.2 Å². The number of carbonyl (C=O) groups is 1. The molecular weight excluding hydrogens is 524 g/mol. The highest BCUT2D eigenvalue weighted by Gasteiger charge is 2.35. The second-order valence-corrected chi connectivity index (χ2v) is 9.00. The van der Waals surface area contributed by atoms with Crippen LogP contribution in [-0.2, 0) is 11.4 Å². The minimum atomic E-state index is -0.603. The maximum atomic E-state index is 13.5.